The van der Waals surface area contributed by atoms with E-state index in [0.717, 1.165) is 4.88 Å². The van der Waals surface area contributed by atoms with Crippen molar-refractivity contribution in [2.45, 2.75) is 13.0 Å². The maximum atomic E-state index is 13.5. The minimum absolute atomic E-state index is 0.0448. The highest BCUT2D eigenvalue weighted by molar-refractivity contribution is 7.13. The van der Waals surface area contributed by atoms with E-state index in [1.807, 2.05) is 17.5 Å². The van der Waals surface area contributed by atoms with Gasteiger partial charge in [-0.25, -0.2) is 8.78 Å². The van der Waals surface area contributed by atoms with Crippen molar-refractivity contribution in [3.63, 3.8) is 0 Å². The molecule has 0 aliphatic carbocycles. The van der Waals surface area contributed by atoms with Crippen LogP contribution in [0.4, 0.5) is 8.78 Å². The molecule has 124 valence electrons. The Morgan fingerprint density at radius 3 is 2.71 bits per heavy atom. The molecular formula is C15H13F2N5OS. The summed E-state index contributed by atoms with van der Waals surface area (Å²) in [5.74, 6) is -1.15. The first-order valence-electron chi connectivity index (χ1n) is 7.15. The summed E-state index contributed by atoms with van der Waals surface area (Å²) in [6.45, 7) is 0.00128. The van der Waals surface area contributed by atoms with E-state index in [0.29, 0.717) is 5.82 Å². The summed E-state index contributed by atoms with van der Waals surface area (Å²) in [6, 6.07) is 7.40. The second kappa shape index (κ2) is 7.26. The number of amides is 1. The van der Waals surface area contributed by atoms with E-state index in [4.69, 9.17) is 0 Å². The molecule has 2 heterocycles. The van der Waals surface area contributed by atoms with Gasteiger partial charge in [0.25, 0.3) is 0 Å². The van der Waals surface area contributed by atoms with Crippen LogP contribution < -0.4 is 5.32 Å². The number of aromatic nitrogens is 4. The van der Waals surface area contributed by atoms with Crippen LogP contribution in [0.3, 0.4) is 0 Å². The van der Waals surface area contributed by atoms with Gasteiger partial charge in [0.15, 0.2) is 0 Å². The van der Waals surface area contributed by atoms with Crippen LogP contribution in [0, 0.1) is 11.6 Å². The van der Waals surface area contributed by atoms with E-state index in [1.165, 1.54) is 34.3 Å². The van der Waals surface area contributed by atoms with E-state index in [9.17, 15) is 13.6 Å². The van der Waals surface area contributed by atoms with Crippen LogP contribution in [-0.4, -0.2) is 32.7 Å². The molecule has 3 rings (SSSR count). The Balaban J connectivity index is 1.51. The summed E-state index contributed by atoms with van der Waals surface area (Å²) in [4.78, 5) is 13.9. The largest absolute Gasteiger partial charge is 0.354 e. The van der Waals surface area contributed by atoms with Gasteiger partial charge in [0.05, 0.1) is 4.88 Å². The number of rotatable bonds is 6. The van der Waals surface area contributed by atoms with Crippen LogP contribution in [0.15, 0.2) is 35.7 Å². The number of hydrogen-bond acceptors (Lipinski definition) is 5. The second-order valence-electron chi connectivity index (χ2n) is 4.92. The molecule has 1 aromatic carbocycles. The number of benzene rings is 1. The van der Waals surface area contributed by atoms with Crippen molar-refractivity contribution < 1.29 is 13.6 Å². The second-order valence-corrected chi connectivity index (χ2v) is 5.87. The molecule has 0 aliphatic heterocycles. The van der Waals surface area contributed by atoms with Gasteiger partial charge in [-0.2, -0.15) is 4.80 Å². The van der Waals surface area contributed by atoms with Gasteiger partial charge < -0.3 is 5.32 Å². The van der Waals surface area contributed by atoms with E-state index in [2.05, 4.69) is 20.7 Å². The number of carbonyl (C=O) groups excluding carboxylic acids is 1. The highest BCUT2D eigenvalue weighted by Gasteiger charge is 2.11. The average molecular weight is 349 g/mol. The predicted molar refractivity (Wildman–Crippen MR) is 84.2 cm³/mol. The molecule has 0 spiro atoms. The van der Waals surface area contributed by atoms with Crippen molar-refractivity contribution in [3.05, 3.63) is 52.9 Å². The molecule has 0 atom stereocenters. The van der Waals surface area contributed by atoms with Gasteiger partial charge in [0.2, 0.25) is 11.7 Å². The Bertz CT molecular complexity index is 814. The van der Waals surface area contributed by atoms with Crippen molar-refractivity contribution in [1.82, 2.24) is 25.5 Å². The molecule has 3 aromatic rings. The fourth-order valence-electron chi connectivity index (χ4n) is 2.10. The molecule has 0 fully saturated rings. The number of carbonyl (C=O) groups is 1. The number of halogens is 2. The molecule has 0 aliphatic rings. The summed E-state index contributed by atoms with van der Waals surface area (Å²) < 4.78 is 26.9. The topological polar surface area (TPSA) is 72.7 Å². The van der Waals surface area contributed by atoms with Gasteiger partial charge in [-0.3, -0.25) is 4.79 Å². The lowest BCUT2D eigenvalue weighted by Crippen LogP contribution is -2.30. The lowest BCUT2D eigenvalue weighted by atomic mass is 10.1. The van der Waals surface area contributed by atoms with E-state index in [-0.39, 0.29) is 31.0 Å². The third-order valence-corrected chi connectivity index (χ3v) is 4.10. The van der Waals surface area contributed by atoms with Crippen molar-refractivity contribution in [1.29, 1.82) is 0 Å². The highest BCUT2D eigenvalue weighted by atomic mass is 32.1. The van der Waals surface area contributed by atoms with Crippen LogP contribution in [0.2, 0.25) is 0 Å². The Kier molecular flexibility index (Phi) is 4.90. The molecule has 2 aromatic heterocycles. The monoisotopic (exact) mass is 349 g/mol. The van der Waals surface area contributed by atoms with Gasteiger partial charge in [0, 0.05) is 12.1 Å². The number of nitrogens with one attached hydrogen (secondary N) is 1. The number of nitrogens with zero attached hydrogens (tertiary/aromatic N) is 4. The van der Waals surface area contributed by atoms with Crippen molar-refractivity contribution in [2.24, 2.45) is 0 Å². The van der Waals surface area contributed by atoms with Crippen LogP contribution in [0.25, 0.3) is 10.7 Å². The molecule has 0 bridgehead atoms. The van der Waals surface area contributed by atoms with Crippen LogP contribution in [-0.2, 0) is 17.8 Å². The summed E-state index contributed by atoms with van der Waals surface area (Å²) in [5, 5.41) is 16.3. The Labute approximate surface area is 140 Å². The molecule has 1 amide bonds. The van der Waals surface area contributed by atoms with Crippen LogP contribution in [0.5, 0.6) is 0 Å². The maximum absolute atomic E-state index is 13.5. The van der Waals surface area contributed by atoms with Gasteiger partial charge in [0.1, 0.15) is 18.2 Å². The molecule has 6 nitrogen and oxygen atoms in total. The minimum Gasteiger partial charge on any atom is -0.354 e. The predicted octanol–water partition coefficient (Wildman–Crippen LogP) is 2.04. The van der Waals surface area contributed by atoms with Crippen molar-refractivity contribution in [2.75, 3.05) is 6.54 Å². The summed E-state index contributed by atoms with van der Waals surface area (Å²) >= 11 is 1.47. The fraction of sp³-hybridized carbons (Fsp3) is 0.200. The van der Waals surface area contributed by atoms with Crippen molar-refractivity contribution in [3.8, 4) is 10.7 Å². The number of thiophene rings is 1. The first kappa shape index (κ1) is 16.2. The molecular weight excluding hydrogens is 336 g/mol. The third kappa shape index (κ3) is 3.80. The summed E-state index contributed by atoms with van der Waals surface area (Å²) in [5.41, 5.74) is -0.0448. The van der Waals surface area contributed by atoms with Crippen molar-refractivity contribution >= 4 is 17.2 Å². The van der Waals surface area contributed by atoms with Gasteiger partial charge in [-0.05, 0) is 35.2 Å². The molecule has 9 heteroatoms. The zero-order chi connectivity index (χ0) is 16.9. The first-order valence-corrected chi connectivity index (χ1v) is 8.03. The number of tetrazole rings is 1. The SMILES string of the molecule is O=C(Cn1nnc(-c2cccs2)n1)NCCc1c(F)cccc1F. The standard InChI is InChI=1S/C15H13F2N5OS/c16-11-3-1-4-12(17)10(11)6-7-18-14(23)9-22-20-15(19-21-22)13-5-2-8-24-13/h1-5,8H,6-7,9H2,(H,18,23). The molecule has 0 saturated carbocycles. The molecule has 0 unspecified atom stereocenters. The Morgan fingerprint density at radius 1 is 1.21 bits per heavy atom. The van der Waals surface area contributed by atoms with E-state index < -0.39 is 11.6 Å². The summed E-state index contributed by atoms with van der Waals surface area (Å²) in [6.07, 6.45) is 0.0650. The summed E-state index contributed by atoms with van der Waals surface area (Å²) in [7, 11) is 0. The van der Waals surface area contributed by atoms with Crippen LogP contribution >= 0.6 is 11.3 Å². The molecule has 0 saturated heterocycles. The van der Waals surface area contributed by atoms with Gasteiger partial charge in [-0.1, -0.05) is 12.1 Å². The third-order valence-electron chi connectivity index (χ3n) is 3.24. The quantitative estimate of drug-likeness (QED) is 0.739. The first-order chi connectivity index (χ1) is 11.6. The van der Waals surface area contributed by atoms with Gasteiger partial charge in [-0.15, -0.1) is 21.5 Å². The molecule has 1 N–H and O–H groups in total. The smallest absolute Gasteiger partial charge is 0.243 e. The Morgan fingerprint density at radius 2 is 2.00 bits per heavy atom. The van der Waals surface area contributed by atoms with Crippen LogP contribution in [0.1, 0.15) is 5.56 Å². The van der Waals surface area contributed by atoms with E-state index >= 15 is 0 Å². The maximum Gasteiger partial charge on any atom is 0.243 e. The minimum atomic E-state index is -0.622. The molecule has 24 heavy (non-hydrogen) atoms. The van der Waals surface area contributed by atoms with Gasteiger partial charge >= 0.3 is 0 Å². The lowest BCUT2D eigenvalue weighted by molar-refractivity contribution is -0.122. The fourth-order valence-corrected chi connectivity index (χ4v) is 2.75. The Hall–Kier alpha value is -2.68. The number of hydrogen-bond donors (Lipinski definition) is 1. The average Bonchev–Trinajstić information content (AvgIpc) is 3.21. The lowest BCUT2D eigenvalue weighted by Gasteiger charge is -2.06. The highest BCUT2D eigenvalue weighted by Crippen LogP contribution is 2.19. The normalized spacial score (nSPS) is 10.8. The molecule has 0 radical (unpaired) electrons. The van der Waals surface area contributed by atoms with E-state index in [1.54, 1.807) is 0 Å². The zero-order valence-electron chi connectivity index (χ0n) is 12.4. The zero-order valence-corrected chi connectivity index (χ0v) is 13.3.